The number of likely N-dealkylation sites (tertiary alicyclic amines) is 1. The molecule has 2 fully saturated rings. The molecule has 0 spiro atoms. The summed E-state index contributed by atoms with van der Waals surface area (Å²) in [5.41, 5.74) is 0. The number of piperidine rings is 1. The van der Waals surface area contributed by atoms with Crippen LogP contribution in [0.25, 0.3) is 0 Å². The number of nitrogens with one attached hydrogen (secondary N) is 1. The van der Waals surface area contributed by atoms with E-state index < -0.39 is 0 Å². The van der Waals surface area contributed by atoms with E-state index in [9.17, 15) is 4.79 Å². The minimum atomic E-state index is 0.0819. The summed E-state index contributed by atoms with van der Waals surface area (Å²) in [5.74, 6) is 1.01. The van der Waals surface area contributed by atoms with Crippen molar-refractivity contribution in [3.05, 3.63) is 0 Å². The summed E-state index contributed by atoms with van der Waals surface area (Å²) in [7, 11) is 0. The van der Waals surface area contributed by atoms with Gasteiger partial charge in [0.15, 0.2) is 0 Å². The molecule has 0 radical (unpaired) electrons. The Morgan fingerprint density at radius 3 is 2.63 bits per heavy atom. The van der Waals surface area contributed by atoms with Gasteiger partial charge < -0.3 is 15.0 Å². The molecule has 4 heteroatoms. The first-order valence-corrected chi connectivity index (χ1v) is 7.80. The lowest BCUT2D eigenvalue weighted by atomic mass is 10.1. The van der Waals surface area contributed by atoms with Crippen LogP contribution < -0.4 is 5.32 Å². The lowest BCUT2D eigenvalue weighted by Crippen LogP contribution is -2.48. The van der Waals surface area contributed by atoms with Gasteiger partial charge in [-0.1, -0.05) is 13.8 Å². The van der Waals surface area contributed by atoms with E-state index in [-0.39, 0.29) is 6.04 Å². The Morgan fingerprint density at radius 2 is 2.05 bits per heavy atom. The highest BCUT2D eigenvalue weighted by Gasteiger charge is 2.29. The zero-order valence-corrected chi connectivity index (χ0v) is 12.4. The fraction of sp³-hybridized carbons (Fsp3) is 0.933. The Morgan fingerprint density at radius 1 is 1.32 bits per heavy atom. The lowest BCUT2D eigenvalue weighted by Gasteiger charge is -2.33. The Bertz CT molecular complexity index is 280. The molecule has 1 N–H and O–H groups in total. The molecule has 1 unspecified atom stereocenters. The number of rotatable bonds is 5. The Balaban J connectivity index is 1.65. The standard InChI is InChI=1S/C15H28N2O2/c1-12(2)7-11-19-13-5-9-17(10-6-13)15(18)14-4-3-8-16-14/h12-14,16H,3-11H2,1-2H3. The van der Waals surface area contributed by atoms with Gasteiger partial charge in [0.2, 0.25) is 5.91 Å². The predicted molar refractivity (Wildman–Crippen MR) is 76.0 cm³/mol. The SMILES string of the molecule is CC(C)CCOC1CCN(C(=O)C2CCCN2)CC1. The van der Waals surface area contributed by atoms with Crippen LogP contribution >= 0.6 is 0 Å². The lowest BCUT2D eigenvalue weighted by molar-refractivity contribution is -0.135. The molecular formula is C15H28N2O2. The van der Waals surface area contributed by atoms with Gasteiger partial charge in [-0.05, 0) is 44.6 Å². The smallest absolute Gasteiger partial charge is 0.239 e. The van der Waals surface area contributed by atoms with Crippen molar-refractivity contribution in [2.45, 2.75) is 58.1 Å². The van der Waals surface area contributed by atoms with Gasteiger partial charge in [0, 0.05) is 19.7 Å². The predicted octanol–water partition coefficient (Wildman–Crippen LogP) is 1.79. The summed E-state index contributed by atoms with van der Waals surface area (Å²) in [6.07, 6.45) is 5.62. The van der Waals surface area contributed by atoms with Crippen molar-refractivity contribution in [2.75, 3.05) is 26.2 Å². The van der Waals surface area contributed by atoms with Gasteiger partial charge in [-0.15, -0.1) is 0 Å². The molecule has 0 aliphatic carbocycles. The molecule has 19 heavy (non-hydrogen) atoms. The number of hydrogen-bond acceptors (Lipinski definition) is 3. The van der Waals surface area contributed by atoms with E-state index in [1.54, 1.807) is 0 Å². The average Bonchev–Trinajstić information content (AvgIpc) is 2.92. The second kappa shape index (κ2) is 7.25. The fourth-order valence-corrected chi connectivity index (χ4v) is 2.83. The molecule has 1 amide bonds. The van der Waals surface area contributed by atoms with Crippen LogP contribution in [0.5, 0.6) is 0 Å². The largest absolute Gasteiger partial charge is 0.378 e. The summed E-state index contributed by atoms with van der Waals surface area (Å²) in [6, 6.07) is 0.0819. The van der Waals surface area contributed by atoms with Gasteiger partial charge in [-0.3, -0.25) is 4.79 Å². The molecule has 2 heterocycles. The van der Waals surface area contributed by atoms with E-state index in [4.69, 9.17) is 4.74 Å². The van der Waals surface area contributed by atoms with Gasteiger partial charge in [0.25, 0.3) is 0 Å². The monoisotopic (exact) mass is 268 g/mol. The van der Waals surface area contributed by atoms with Crippen LogP contribution in [-0.4, -0.2) is 49.2 Å². The van der Waals surface area contributed by atoms with Crippen molar-refractivity contribution in [2.24, 2.45) is 5.92 Å². The van der Waals surface area contributed by atoms with E-state index in [0.29, 0.717) is 17.9 Å². The van der Waals surface area contributed by atoms with Crippen LogP contribution in [0.15, 0.2) is 0 Å². The number of amides is 1. The van der Waals surface area contributed by atoms with Crippen LogP contribution in [0, 0.1) is 5.92 Å². The molecule has 0 bridgehead atoms. The molecule has 0 aromatic heterocycles. The third-order valence-electron chi connectivity index (χ3n) is 4.16. The molecular weight excluding hydrogens is 240 g/mol. The number of ether oxygens (including phenoxy) is 1. The zero-order chi connectivity index (χ0) is 13.7. The highest BCUT2D eigenvalue weighted by atomic mass is 16.5. The van der Waals surface area contributed by atoms with Crippen molar-refractivity contribution >= 4 is 5.91 Å². The second-order valence-electron chi connectivity index (χ2n) is 6.23. The summed E-state index contributed by atoms with van der Waals surface area (Å²) in [6.45, 7) is 8.02. The quantitative estimate of drug-likeness (QED) is 0.826. The maximum atomic E-state index is 12.2. The van der Waals surface area contributed by atoms with E-state index in [1.165, 1.54) is 0 Å². The van der Waals surface area contributed by atoms with Crippen LogP contribution in [-0.2, 0) is 9.53 Å². The molecule has 0 aromatic rings. The third kappa shape index (κ3) is 4.46. The summed E-state index contributed by atoms with van der Waals surface area (Å²) in [4.78, 5) is 14.3. The van der Waals surface area contributed by atoms with Gasteiger partial charge >= 0.3 is 0 Å². The molecule has 0 saturated carbocycles. The van der Waals surface area contributed by atoms with Gasteiger partial charge in [0.1, 0.15) is 0 Å². The minimum Gasteiger partial charge on any atom is -0.378 e. The first-order valence-electron chi connectivity index (χ1n) is 7.80. The minimum absolute atomic E-state index is 0.0819. The normalized spacial score (nSPS) is 25.2. The maximum Gasteiger partial charge on any atom is 0.239 e. The highest BCUT2D eigenvalue weighted by molar-refractivity contribution is 5.82. The van der Waals surface area contributed by atoms with Gasteiger partial charge in [-0.25, -0.2) is 0 Å². The summed E-state index contributed by atoms with van der Waals surface area (Å²) < 4.78 is 5.89. The topological polar surface area (TPSA) is 41.6 Å². The summed E-state index contributed by atoms with van der Waals surface area (Å²) >= 11 is 0. The molecule has 2 aliphatic heterocycles. The molecule has 2 aliphatic rings. The van der Waals surface area contributed by atoms with Crippen molar-refractivity contribution in [3.8, 4) is 0 Å². The molecule has 110 valence electrons. The fourth-order valence-electron chi connectivity index (χ4n) is 2.83. The molecule has 2 saturated heterocycles. The first kappa shape index (κ1) is 14.8. The van der Waals surface area contributed by atoms with Crippen LogP contribution in [0.2, 0.25) is 0 Å². The number of carbonyl (C=O) groups excluding carboxylic acids is 1. The third-order valence-corrected chi connectivity index (χ3v) is 4.16. The van der Waals surface area contributed by atoms with Crippen molar-refractivity contribution in [3.63, 3.8) is 0 Å². The highest BCUT2D eigenvalue weighted by Crippen LogP contribution is 2.17. The van der Waals surface area contributed by atoms with Crippen molar-refractivity contribution < 1.29 is 9.53 Å². The van der Waals surface area contributed by atoms with Crippen molar-refractivity contribution in [1.82, 2.24) is 10.2 Å². The second-order valence-corrected chi connectivity index (χ2v) is 6.23. The molecule has 4 nitrogen and oxygen atoms in total. The van der Waals surface area contributed by atoms with E-state index >= 15 is 0 Å². The van der Waals surface area contributed by atoms with Crippen LogP contribution in [0.4, 0.5) is 0 Å². The van der Waals surface area contributed by atoms with E-state index in [2.05, 4.69) is 19.2 Å². The Hall–Kier alpha value is -0.610. The number of carbonyl (C=O) groups is 1. The molecule has 0 aromatic carbocycles. The van der Waals surface area contributed by atoms with Crippen LogP contribution in [0.3, 0.4) is 0 Å². The molecule has 2 rings (SSSR count). The zero-order valence-electron chi connectivity index (χ0n) is 12.4. The number of hydrogen-bond donors (Lipinski definition) is 1. The summed E-state index contributed by atoms with van der Waals surface area (Å²) in [5, 5.41) is 3.29. The first-order chi connectivity index (χ1) is 9.16. The van der Waals surface area contributed by atoms with Gasteiger partial charge in [-0.2, -0.15) is 0 Å². The van der Waals surface area contributed by atoms with E-state index in [1.807, 2.05) is 4.90 Å². The average molecular weight is 268 g/mol. The van der Waals surface area contributed by atoms with Crippen molar-refractivity contribution in [1.29, 1.82) is 0 Å². The van der Waals surface area contributed by atoms with Crippen LogP contribution in [0.1, 0.15) is 46.0 Å². The Kier molecular flexibility index (Phi) is 5.64. The van der Waals surface area contributed by atoms with Gasteiger partial charge in [0.05, 0.1) is 12.1 Å². The Labute approximate surface area is 116 Å². The van der Waals surface area contributed by atoms with E-state index in [0.717, 1.165) is 58.3 Å². The number of nitrogens with zero attached hydrogens (tertiary/aromatic N) is 1. The maximum absolute atomic E-state index is 12.2. The molecule has 1 atom stereocenters.